The number of aliphatic hydroxyl groups excluding tert-OH is 1. The van der Waals surface area contributed by atoms with Crippen LogP contribution in [0.2, 0.25) is 0 Å². The SMILES string of the molecule is CON1C(=O)C2(CCCCC2)C(=O)C12C=CC(O)CC2. The number of nitrogens with zero attached hydrogens (tertiary/aromatic N) is 1. The Labute approximate surface area is 118 Å². The Bertz CT molecular complexity index is 466. The summed E-state index contributed by atoms with van der Waals surface area (Å²) in [4.78, 5) is 31.1. The quantitative estimate of drug-likeness (QED) is 0.581. The van der Waals surface area contributed by atoms with E-state index in [0.717, 1.165) is 19.3 Å². The van der Waals surface area contributed by atoms with Crippen molar-refractivity contribution in [2.45, 2.75) is 56.6 Å². The molecular formula is C15H21NO4. The molecule has 0 aromatic rings. The second-order valence-electron chi connectivity index (χ2n) is 6.14. The third-order valence-electron chi connectivity index (χ3n) is 5.09. The first-order valence-electron chi connectivity index (χ1n) is 7.38. The van der Waals surface area contributed by atoms with Gasteiger partial charge in [0.1, 0.15) is 11.0 Å². The standard InChI is InChI=1S/C15H21NO4/c1-20-16-13(19)14(7-3-2-4-8-14)12(18)15(16)9-5-11(17)6-10-15/h5,9,11,17H,2-4,6-8,10H2,1H3. The molecule has 1 heterocycles. The van der Waals surface area contributed by atoms with Gasteiger partial charge in [0, 0.05) is 0 Å². The first-order valence-corrected chi connectivity index (χ1v) is 7.38. The van der Waals surface area contributed by atoms with Crippen molar-refractivity contribution in [3.05, 3.63) is 12.2 Å². The van der Waals surface area contributed by atoms with E-state index in [-0.39, 0.29) is 11.7 Å². The second kappa shape index (κ2) is 4.67. The summed E-state index contributed by atoms with van der Waals surface area (Å²) in [5.74, 6) is -0.217. The molecule has 0 bridgehead atoms. The van der Waals surface area contributed by atoms with Gasteiger partial charge in [-0.3, -0.25) is 14.4 Å². The van der Waals surface area contributed by atoms with E-state index < -0.39 is 17.1 Å². The van der Waals surface area contributed by atoms with E-state index in [1.165, 1.54) is 12.2 Å². The number of Topliss-reactive ketones (excluding diaryl/α,β-unsaturated/α-hetero) is 1. The summed E-state index contributed by atoms with van der Waals surface area (Å²) in [6, 6.07) is 0. The lowest BCUT2D eigenvalue weighted by atomic mass is 9.67. The van der Waals surface area contributed by atoms with Crippen LogP contribution in [0.1, 0.15) is 44.9 Å². The molecule has 1 N–H and O–H groups in total. The van der Waals surface area contributed by atoms with Crippen LogP contribution in [0.4, 0.5) is 0 Å². The van der Waals surface area contributed by atoms with Crippen molar-refractivity contribution in [1.29, 1.82) is 0 Å². The maximum absolute atomic E-state index is 13.1. The molecule has 1 saturated carbocycles. The van der Waals surface area contributed by atoms with Gasteiger partial charge in [-0.05, 0) is 25.7 Å². The number of carbonyl (C=O) groups is 2. The molecule has 5 heteroatoms. The lowest BCUT2D eigenvalue weighted by molar-refractivity contribution is -0.194. The van der Waals surface area contributed by atoms with Gasteiger partial charge in [0.2, 0.25) is 0 Å². The molecule has 0 aromatic heterocycles. The second-order valence-corrected chi connectivity index (χ2v) is 6.14. The third-order valence-corrected chi connectivity index (χ3v) is 5.09. The zero-order valence-electron chi connectivity index (χ0n) is 11.8. The molecule has 5 nitrogen and oxygen atoms in total. The maximum Gasteiger partial charge on any atom is 0.261 e. The molecule has 1 aliphatic heterocycles. The predicted octanol–water partition coefficient (Wildman–Crippen LogP) is 1.36. The molecule has 0 radical (unpaired) electrons. The minimum Gasteiger partial charge on any atom is -0.389 e. The molecule has 20 heavy (non-hydrogen) atoms. The average Bonchev–Trinajstić information content (AvgIpc) is 2.64. The number of aliphatic hydroxyl groups is 1. The monoisotopic (exact) mass is 279 g/mol. The molecule has 2 fully saturated rings. The predicted molar refractivity (Wildman–Crippen MR) is 71.5 cm³/mol. The maximum atomic E-state index is 13.1. The first kappa shape index (κ1) is 13.8. The van der Waals surface area contributed by atoms with Gasteiger partial charge in [-0.1, -0.05) is 31.4 Å². The summed E-state index contributed by atoms with van der Waals surface area (Å²) in [5, 5.41) is 10.9. The summed E-state index contributed by atoms with van der Waals surface area (Å²) in [6.45, 7) is 0. The van der Waals surface area contributed by atoms with Gasteiger partial charge in [-0.25, -0.2) is 5.06 Å². The number of hydrogen-bond acceptors (Lipinski definition) is 4. The molecule has 2 aliphatic carbocycles. The van der Waals surface area contributed by atoms with E-state index >= 15 is 0 Å². The fraction of sp³-hybridized carbons (Fsp3) is 0.733. The fourth-order valence-corrected chi connectivity index (χ4v) is 4.00. The molecular weight excluding hydrogens is 258 g/mol. The Morgan fingerprint density at radius 3 is 2.50 bits per heavy atom. The number of hydrogen-bond donors (Lipinski definition) is 1. The summed E-state index contributed by atoms with van der Waals surface area (Å²) in [7, 11) is 1.44. The highest BCUT2D eigenvalue weighted by Crippen LogP contribution is 2.51. The molecule has 1 saturated heterocycles. The van der Waals surface area contributed by atoms with Gasteiger partial charge >= 0.3 is 0 Å². The molecule has 2 atom stereocenters. The van der Waals surface area contributed by atoms with Gasteiger partial charge in [0.15, 0.2) is 5.78 Å². The Balaban J connectivity index is 2.05. The molecule has 2 spiro atoms. The van der Waals surface area contributed by atoms with Crippen LogP contribution in [0.3, 0.4) is 0 Å². The van der Waals surface area contributed by atoms with E-state index in [2.05, 4.69) is 0 Å². The van der Waals surface area contributed by atoms with Crippen molar-refractivity contribution < 1.29 is 19.5 Å². The number of ketones is 1. The van der Waals surface area contributed by atoms with E-state index in [1.807, 2.05) is 0 Å². The minimum absolute atomic E-state index is 0.0281. The van der Waals surface area contributed by atoms with Gasteiger partial charge in [0.05, 0.1) is 13.2 Å². The van der Waals surface area contributed by atoms with Crippen molar-refractivity contribution in [2.24, 2.45) is 5.41 Å². The fourth-order valence-electron chi connectivity index (χ4n) is 4.00. The molecule has 0 aromatic carbocycles. The first-order chi connectivity index (χ1) is 9.57. The van der Waals surface area contributed by atoms with Crippen molar-refractivity contribution in [1.82, 2.24) is 5.06 Å². The Morgan fingerprint density at radius 2 is 1.95 bits per heavy atom. The van der Waals surface area contributed by atoms with Gasteiger partial charge < -0.3 is 5.11 Å². The van der Waals surface area contributed by atoms with E-state index in [1.54, 1.807) is 12.2 Å². The highest BCUT2D eigenvalue weighted by atomic mass is 16.7. The largest absolute Gasteiger partial charge is 0.389 e. The normalized spacial score (nSPS) is 36.3. The molecule has 3 rings (SSSR count). The van der Waals surface area contributed by atoms with E-state index in [4.69, 9.17) is 4.84 Å². The molecule has 1 amide bonds. The summed E-state index contributed by atoms with van der Waals surface area (Å²) >= 11 is 0. The average molecular weight is 279 g/mol. The molecule has 2 unspecified atom stereocenters. The smallest absolute Gasteiger partial charge is 0.261 e. The lowest BCUT2D eigenvalue weighted by Gasteiger charge is -2.35. The van der Waals surface area contributed by atoms with E-state index in [0.29, 0.717) is 25.7 Å². The summed E-state index contributed by atoms with van der Waals surface area (Å²) in [6.07, 6.45) is 7.83. The number of amides is 1. The minimum atomic E-state index is -0.998. The van der Waals surface area contributed by atoms with Crippen LogP contribution in [0, 0.1) is 5.41 Å². The molecule has 110 valence electrons. The Morgan fingerprint density at radius 1 is 1.25 bits per heavy atom. The van der Waals surface area contributed by atoms with Crippen molar-refractivity contribution >= 4 is 11.7 Å². The summed E-state index contributed by atoms with van der Waals surface area (Å²) < 4.78 is 0. The van der Waals surface area contributed by atoms with Crippen LogP contribution in [-0.4, -0.2) is 40.6 Å². The number of hydroxylamine groups is 2. The van der Waals surface area contributed by atoms with Crippen molar-refractivity contribution in [3.8, 4) is 0 Å². The summed E-state index contributed by atoms with van der Waals surface area (Å²) in [5.41, 5.74) is -1.89. The Hall–Kier alpha value is -1.20. The van der Waals surface area contributed by atoms with Crippen LogP contribution < -0.4 is 0 Å². The van der Waals surface area contributed by atoms with Crippen molar-refractivity contribution in [2.75, 3.05) is 7.11 Å². The van der Waals surface area contributed by atoms with E-state index in [9.17, 15) is 14.7 Å². The van der Waals surface area contributed by atoms with Gasteiger partial charge in [-0.15, -0.1) is 0 Å². The topological polar surface area (TPSA) is 66.8 Å². The highest BCUT2D eigenvalue weighted by Gasteiger charge is 2.66. The highest BCUT2D eigenvalue weighted by molar-refractivity contribution is 6.17. The third kappa shape index (κ3) is 1.63. The Kier molecular flexibility index (Phi) is 3.21. The van der Waals surface area contributed by atoms with Crippen LogP contribution in [-0.2, 0) is 14.4 Å². The van der Waals surface area contributed by atoms with Crippen molar-refractivity contribution in [3.63, 3.8) is 0 Å². The van der Waals surface area contributed by atoms with Crippen LogP contribution in [0.25, 0.3) is 0 Å². The van der Waals surface area contributed by atoms with Crippen LogP contribution in [0.5, 0.6) is 0 Å². The number of carbonyl (C=O) groups excluding carboxylic acids is 2. The molecule has 3 aliphatic rings. The van der Waals surface area contributed by atoms with Gasteiger partial charge in [0.25, 0.3) is 5.91 Å². The lowest BCUT2D eigenvalue weighted by Crippen LogP contribution is -2.49. The zero-order chi connectivity index (χ0) is 14.4. The van der Waals surface area contributed by atoms with Gasteiger partial charge in [-0.2, -0.15) is 0 Å². The van der Waals surface area contributed by atoms with Crippen LogP contribution in [0.15, 0.2) is 12.2 Å². The zero-order valence-corrected chi connectivity index (χ0v) is 11.8. The number of rotatable bonds is 1. The van der Waals surface area contributed by atoms with Crippen LogP contribution >= 0.6 is 0 Å².